The van der Waals surface area contributed by atoms with Gasteiger partial charge in [0.25, 0.3) is 17.7 Å². The van der Waals surface area contributed by atoms with Gasteiger partial charge in [0, 0.05) is 80.8 Å². The van der Waals surface area contributed by atoms with Crippen LogP contribution in [0.4, 0.5) is 11.4 Å². The lowest BCUT2D eigenvalue weighted by atomic mass is 9.95. The van der Waals surface area contributed by atoms with Gasteiger partial charge in [-0.15, -0.1) is 0 Å². The molecule has 5 amide bonds. The first-order valence-corrected chi connectivity index (χ1v) is 19.4. The van der Waals surface area contributed by atoms with Gasteiger partial charge < -0.3 is 19.9 Å². The number of carbonyl (C=O) groups excluding carboxylic acids is 5. The highest BCUT2D eigenvalue weighted by Crippen LogP contribution is 2.37. The Hall–Kier alpha value is -6.16. The third-order valence-corrected chi connectivity index (χ3v) is 11.9. The van der Waals surface area contributed by atoms with Gasteiger partial charge in [-0.3, -0.25) is 38.9 Å². The molecule has 4 aliphatic heterocycles. The molecule has 56 heavy (non-hydrogen) atoms. The van der Waals surface area contributed by atoms with Gasteiger partial charge in [-0.05, 0) is 68.9 Å². The number of fused-ring (bicyclic) bond motifs is 3. The van der Waals surface area contributed by atoms with Gasteiger partial charge in [0.05, 0.1) is 40.7 Å². The fourth-order valence-electron chi connectivity index (χ4n) is 8.58. The van der Waals surface area contributed by atoms with E-state index in [2.05, 4.69) is 41.4 Å². The second-order valence-corrected chi connectivity index (χ2v) is 15.6. The zero-order valence-corrected chi connectivity index (χ0v) is 30.6. The minimum atomic E-state index is -0.974. The smallest absolute Gasteiger partial charge is 0.262 e. The van der Waals surface area contributed by atoms with Gasteiger partial charge >= 0.3 is 0 Å². The van der Waals surface area contributed by atoms with E-state index in [1.54, 1.807) is 35.1 Å². The highest BCUT2D eigenvalue weighted by molar-refractivity contribution is 6.23. The SMILES string of the molecule is O=C1CCC(N2C(=O)c3ccc(N4CC(CN5CCC(n6cc7cc(NC(=O)c8cnn9cccnc89)c(OC8CCC8)cc7n6)CC5)C4)cc3C2=O)C(=O)N1. The second kappa shape index (κ2) is 13.5. The Labute approximate surface area is 320 Å². The molecular weight excluding hydrogens is 717 g/mol. The minimum absolute atomic E-state index is 0.0905. The molecule has 4 fully saturated rings. The maximum absolute atomic E-state index is 13.4. The van der Waals surface area contributed by atoms with E-state index in [9.17, 15) is 24.0 Å². The Morgan fingerprint density at radius 3 is 2.57 bits per heavy atom. The lowest BCUT2D eigenvalue weighted by molar-refractivity contribution is -0.136. The van der Waals surface area contributed by atoms with Gasteiger partial charge in [0.2, 0.25) is 11.8 Å². The van der Waals surface area contributed by atoms with Crippen molar-refractivity contribution in [3.05, 3.63) is 77.9 Å². The van der Waals surface area contributed by atoms with Crippen LogP contribution in [0.15, 0.2) is 61.2 Å². The molecule has 3 aromatic heterocycles. The summed E-state index contributed by atoms with van der Waals surface area (Å²) >= 11 is 0. The molecule has 1 atom stereocenters. The van der Waals surface area contributed by atoms with Crippen molar-refractivity contribution in [1.82, 2.24) is 39.5 Å². The molecular formula is C40H40N10O6. The standard InChI is InChI=1S/C40H40N10O6/c51-35-8-7-33(38(53)44-35)50-39(54)28-6-5-26(16-29(28)40(50)55)47-20-23(21-47)19-46-13-9-25(10-14-46)49-22-24-15-32(34(17-31(24)45-49)56-27-3-1-4-27)43-37(52)30-18-42-48-12-2-11-41-36(30)48/h2,5-6,11-12,15-18,22-23,25,27,33H,1,3-4,7-10,13-14,19-21H2,(H,43,52)(H,44,51,53). The Balaban J connectivity index is 0.760. The summed E-state index contributed by atoms with van der Waals surface area (Å²) < 4.78 is 10.00. The first-order chi connectivity index (χ1) is 27.3. The Bertz CT molecular complexity index is 2440. The van der Waals surface area contributed by atoms with Crippen molar-refractivity contribution in [2.24, 2.45) is 5.92 Å². The van der Waals surface area contributed by atoms with Crippen molar-refractivity contribution in [1.29, 1.82) is 0 Å². The number of anilines is 2. The molecule has 7 heterocycles. The molecule has 5 aromatic rings. The maximum atomic E-state index is 13.4. The molecule has 0 spiro atoms. The number of carbonyl (C=O) groups is 5. The van der Waals surface area contributed by atoms with Crippen molar-refractivity contribution in [3.63, 3.8) is 0 Å². The minimum Gasteiger partial charge on any atom is -0.488 e. The normalized spacial score (nSPS) is 21.0. The summed E-state index contributed by atoms with van der Waals surface area (Å²) in [6.07, 6.45) is 12.4. The molecule has 1 saturated carbocycles. The number of imide groups is 2. The Kier molecular flexibility index (Phi) is 8.31. The number of piperidine rings is 2. The number of nitrogens with one attached hydrogen (secondary N) is 2. The lowest BCUT2D eigenvalue weighted by Crippen LogP contribution is -2.54. The molecule has 0 bridgehead atoms. The fraction of sp³-hybridized carbons (Fsp3) is 0.400. The average Bonchev–Trinajstić information content (AvgIpc) is 3.85. The van der Waals surface area contributed by atoms with Crippen LogP contribution in [0.2, 0.25) is 0 Å². The summed E-state index contributed by atoms with van der Waals surface area (Å²) in [7, 11) is 0. The lowest BCUT2D eigenvalue weighted by Gasteiger charge is -2.44. The number of ether oxygens (including phenoxy) is 1. The molecule has 5 aliphatic rings. The fourth-order valence-corrected chi connectivity index (χ4v) is 8.58. The molecule has 0 radical (unpaired) electrons. The quantitative estimate of drug-likeness (QED) is 0.211. The van der Waals surface area contributed by atoms with Gasteiger partial charge in [-0.25, -0.2) is 9.50 Å². The maximum Gasteiger partial charge on any atom is 0.262 e. The number of likely N-dealkylation sites (tertiary alicyclic amines) is 1. The van der Waals surface area contributed by atoms with E-state index in [1.165, 1.54) is 6.20 Å². The van der Waals surface area contributed by atoms with Crippen molar-refractivity contribution in [2.75, 3.05) is 42.9 Å². The number of aromatic nitrogens is 5. The molecule has 3 saturated heterocycles. The number of hydrogen-bond donors (Lipinski definition) is 2. The van der Waals surface area contributed by atoms with E-state index in [0.717, 1.165) is 86.3 Å². The summed E-state index contributed by atoms with van der Waals surface area (Å²) in [5.41, 5.74) is 3.77. The number of nitrogens with zero attached hydrogens (tertiary/aromatic N) is 8. The molecule has 1 aliphatic carbocycles. The summed E-state index contributed by atoms with van der Waals surface area (Å²) in [6, 6.07) is 10.2. The number of benzene rings is 2. The van der Waals surface area contributed by atoms with E-state index in [0.29, 0.717) is 39.7 Å². The third-order valence-electron chi connectivity index (χ3n) is 11.9. The van der Waals surface area contributed by atoms with Crippen LogP contribution in [0.3, 0.4) is 0 Å². The van der Waals surface area contributed by atoms with Crippen LogP contribution in [-0.4, -0.2) is 109 Å². The summed E-state index contributed by atoms with van der Waals surface area (Å²) in [5.74, 6) is -1.19. The predicted molar refractivity (Wildman–Crippen MR) is 202 cm³/mol. The van der Waals surface area contributed by atoms with Crippen LogP contribution in [0.25, 0.3) is 16.6 Å². The summed E-state index contributed by atoms with van der Waals surface area (Å²) in [4.78, 5) is 73.9. The van der Waals surface area contributed by atoms with Crippen LogP contribution in [-0.2, 0) is 9.59 Å². The Morgan fingerprint density at radius 1 is 0.964 bits per heavy atom. The molecule has 16 nitrogen and oxygen atoms in total. The van der Waals surface area contributed by atoms with Crippen molar-refractivity contribution in [3.8, 4) is 5.75 Å². The number of hydrogen-bond acceptors (Lipinski definition) is 11. The van der Waals surface area contributed by atoms with Crippen LogP contribution in [0.1, 0.15) is 82.1 Å². The van der Waals surface area contributed by atoms with Crippen molar-refractivity contribution < 1.29 is 28.7 Å². The zero-order valence-electron chi connectivity index (χ0n) is 30.6. The highest BCUT2D eigenvalue weighted by Gasteiger charge is 2.45. The van der Waals surface area contributed by atoms with Crippen molar-refractivity contribution >= 4 is 57.5 Å². The third kappa shape index (κ3) is 6.04. The van der Waals surface area contributed by atoms with E-state index in [1.807, 2.05) is 18.2 Å². The monoisotopic (exact) mass is 756 g/mol. The molecule has 10 rings (SSSR count). The van der Waals surface area contributed by atoms with Crippen LogP contribution in [0, 0.1) is 5.92 Å². The van der Waals surface area contributed by atoms with E-state index in [-0.39, 0.29) is 30.9 Å². The second-order valence-electron chi connectivity index (χ2n) is 15.6. The largest absolute Gasteiger partial charge is 0.488 e. The zero-order chi connectivity index (χ0) is 38.1. The van der Waals surface area contributed by atoms with E-state index < -0.39 is 29.7 Å². The number of rotatable bonds is 9. The van der Waals surface area contributed by atoms with Gasteiger partial charge in [-0.1, -0.05) is 0 Å². The Morgan fingerprint density at radius 2 is 1.79 bits per heavy atom. The topological polar surface area (TPSA) is 176 Å². The average molecular weight is 757 g/mol. The van der Waals surface area contributed by atoms with Gasteiger partial charge in [0.15, 0.2) is 5.65 Å². The van der Waals surface area contributed by atoms with Gasteiger partial charge in [0.1, 0.15) is 17.4 Å². The van der Waals surface area contributed by atoms with Crippen LogP contribution >= 0.6 is 0 Å². The van der Waals surface area contributed by atoms with E-state index >= 15 is 0 Å². The molecule has 286 valence electrons. The van der Waals surface area contributed by atoms with Gasteiger partial charge in [-0.2, -0.15) is 10.2 Å². The highest BCUT2D eigenvalue weighted by atomic mass is 16.5. The summed E-state index contributed by atoms with van der Waals surface area (Å²) in [5, 5.41) is 15.5. The predicted octanol–water partition coefficient (Wildman–Crippen LogP) is 3.44. The number of amides is 5. The molecule has 16 heteroatoms. The van der Waals surface area contributed by atoms with E-state index in [4.69, 9.17) is 9.84 Å². The molecule has 1 unspecified atom stereocenters. The van der Waals surface area contributed by atoms with Crippen molar-refractivity contribution in [2.45, 2.75) is 63.1 Å². The van der Waals surface area contributed by atoms with Crippen LogP contribution in [0.5, 0.6) is 5.75 Å². The summed E-state index contributed by atoms with van der Waals surface area (Å²) in [6.45, 7) is 4.58. The molecule has 2 aromatic carbocycles. The van der Waals surface area contributed by atoms with Crippen LogP contribution < -0.4 is 20.3 Å². The first-order valence-electron chi connectivity index (χ1n) is 19.4. The first kappa shape index (κ1) is 34.3. The molecule has 2 N–H and O–H groups in total.